The van der Waals surface area contributed by atoms with Crippen LogP contribution in [0, 0.1) is 5.82 Å². The van der Waals surface area contributed by atoms with Gasteiger partial charge in [-0.25, -0.2) is 4.39 Å². The predicted molar refractivity (Wildman–Crippen MR) is 83.8 cm³/mol. The van der Waals surface area contributed by atoms with E-state index in [0.717, 1.165) is 17.8 Å². The lowest BCUT2D eigenvalue weighted by molar-refractivity contribution is 0.416. The molecule has 0 aliphatic heterocycles. The number of benzene rings is 1. The smallest absolute Gasteiger partial charge is 0.130 e. The van der Waals surface area contributed by atoms with E-state index < -0.39 is 0 Å². The van der Waals surface area contributed by atoms with Gasteiger partial charge in [0.1, 0.15) is 5.82 Å². The monoisotopic (exact) mass is 278 g/mol. The highest BCUT2D eigenvalue weighted by atomic mass is 19.1. The summed E-state index contributed by atoms with van der Waals surface area (Å²) in [6, 6.07) is 6.08. The Morgan fingerprint density at radius 2 is 2.00 bits per heavy atom. The zero-order chi connectivity index (χ0) is 14.5. The number of nitrogens with one attached hydrogen (secondary N) is 1. The van der Waals surface area contributed by atoms with Gasteiger partial charge < -0.3 is 10.2 Å². The Bertz CT molecular complexity index is 427. The molecular formula is C17H27FN2. The molecule has 1 fully saturated rings. The standard InChI is InChI=1S/C17H27FN2/c1-4-20(14-9-6-5-7-10-14)16-12-8-11-15(18)17(16)13(2)19-3/h8,11-14,19H,4-7,9-10H2,1-3H3. The molecule has 0 aromatic heterocycles. The fourth-order valence-electron chi connectivity index (χ4n) is 3.37. The summed E-state index contributed by atoms with van der Waals surface area (Å²) >= 11 is 0. The van der Waals surface area contributed by atoms with Crippen LogP contribution in [0.15, 0.2) is 18.2 Å². The molecule has 1 aliphatic carbocycles. The lowest BCUT2D eigenvalue weighted by Gasteiger charge is -2.37. The van der Waals surface area contributed by atoms with E-state index in [1.165, 1.54) is 32.1 Å². The zero-order valence-electron chi connectivity index (χ0n) is 13.0. The third-order valence-electron chi connectivity index (χ3n) is 4.56. The van der Waals surface area contributed by atoms with Crippen LogP contribution in [0.4, 0.5) is 10.1 Å². The maximum atomic E-state index is 14.3. The van der Waals surface area contributed by atoms with Crippen molar-refractivity contribution >= 4 is 5.69 Å². The van der Waals surface area contributed by atoms with Crippen molar-refractivity contribution in [2.24, 2.45) is 0 Å². The molecule has 1 aromatic carbocycles. The normalized spacial score (nSPS) is 18.0. The van der Waals surface area contributed by atoms with Gasteiger partial charge in [0.05, 0.1) is 0 Å². The van der Waals surface area contributed by atoms with Crippen molar-refractivity contribution in [3.8, 4) is 0 Å². The maximum Gasteiger partial charge on any atom is 0.130 e. The summed E-state index contributed by atoms with van der Waals surface area (Å²) < 4.78 is 14.3. The van der Waals surface area contributed by atoms with Gasteiger partial charge in [-0.2, -0.15) is 0 Å². The lowest BCUT2D eigenvalue weighted by Crippen LogP contribution is -2.38. The predicted octanol–water partition coefficient (Wildman–Crippen LogP) is 4.27. The zero-order valence-corrected chi connectivity index (χ0v) is 13.0. The van der Waals surface area contributed by atoms with Gasteiger partial charge in [-0.05, 0) is 45.9 Å². The van der Waals surface area contributed by atoms with Crippen LogP contribution in [0.2, 0.25) is 0 Å². The molecule has 0 bridgehead atoms. The molecule has 2 nitrogen and oxygen atoms in total. The molecule has 3 heteroatoms. The van der Waals surface area contributed by atoms with Crippen molar-refractivity contribution in [2.45, 2.75) is 58.0 Å². The third-order valence-corrected chi connectivity index (χ3v) is 4.56. The lowest BCUT2D eigenvalue weighted by atomic mass is 9.92. The van der Waals surface area contributed by atoms with Crippen LogP contribution in [-0.4, -0.2) is 19.6 Å². The topological polar surface area (TPSA) is 15.3 Å². The minimum absolute atomic E-state index is 0.0313. The molecule has 0 spiro atoms. The van der Waals surface area contributed by atoms with Crippen molar-refractivity contribution < 1.29 is 4.39 Å². The minimum Gasteiger partial charge on any atom is -0.368 e. The number of rotatable bonds is 5. The van der Waals surface area contributed by atoms with Crippen LogP contribution in [-0.2, 0) is 0 Å². The van der Waals surface area contributed by atoms with Gasteiger partial charge in [-0.15, -0.1) is 0 Å². The molecule has 1 aromatic rings. The van der Waals surface area contributed by atoms with Crippen molar-refractivity contribution in [2.75, 3.05) is 18.5 Å². The summed E-state index contributed by atoms with van der Waals surface area (Å²) in [5.41, 5.74) is 1.88. The molecule has 112 valence electrons. The fraction of sp³-hybridized carbons (Fsp3) is 0.647. The van der Waals surface area contributed by atoms with Gasteiger partial charge in [-0.3, -0.25) is 0 Å². The molecule has 2 rings (SSSR count). The Morgan fingerprint density at radius 3 is 2.60 bits per heavy atom. The van der Waals surface area contributed by atoms with E-state index >= 15 is 0 Å². The SMILES string of the molecule is CCN(c1cccc(F)c1C(C)NC)C1CCCCC1. The first-order valence-electron chi connectivity index (χ1n) is 7.91. The summed E-state index contributed by atoms with van der Waals surface area (Å²) in [5.74, 6) is -0.0985. The molecule has 0 heterocycles. The average Bonchev–Trinajstić information content (AvgIpc) is 2.48. The number of anilines is 1. The van der Waals surface area contributed by atoms with Crippen molar-refractivity contribution in [3.63, 3.8) is 0 Å². The van der Waals surface area contributed by atoms with E-state index in [1.807, 2.05) is 20.0 Å². The first kappa shape index (κ1) is 15.3. The molecule has 1 unspecified atom stereocenters. The first-order chi connectivity index (χ1) is 9.69. The molecular weight excluding hydrogens is 251 g/mol. The summed E-state index contributed by atoms with van der Waals surface area (Å²) in [7, 11) is 1.89. The van der Waals surface area contributed by atoms with Crippen LogP contribution in [0.1, 0.15) is 57.6 Å². The molecule has 0 radical (unpaired) electrons. The van der Waals surface area contributed by atoms with Gasteiger partial charge >= 0.3 is 0 Å². The Labute approximate surface area is 122 Å². The third kappa shape index (κ3) is 3.14. The molecule has 1 aliphatic rings. The Balaban J connectivity index is 2.35. The second-order valence-corrected chi connectivity index (χ2v) is 5.76. The van der Waals surface area contributed by atoms with Gasteiger partial charge in [0.2, 0.25) is 0 Å². The van der Waals surface area contributed by atoms with Crippen LogP contribution in [0.25, 0.3) is 0 Å². The Morgan fingerprint density at radius 1 is 1.30 bits per heavy atom. The van der Waals surface area contributed by atoms with E-state index in [-0.39, 0.29) is 11.9 Å². The van der Waals surface area contributed by atoms with E-state index in [0.29, 0.717) is 6.04 Å². The second kappa shape index (κ2) is 7.07. The summed E-state index contributed by atoms with van der Waals surface area (Å²) in [6.07, 6.45) is 6.41. The molecule has 1 N–H and O–H groups in total. The van der Waals surface area contributed by atoms with Crippen LogP contribution in [0.5, 0.6) is 0 Å². The molecule has 0 amide bonds. The Kier molecular flexibility index (Phi) is 5.41. The van der Waals surface area contributed by atoms with Gasteiger partial charge in [0, 0.05) is 29.9 Å². The maximum absolute atomic E-state index is 14.3. The minimum atomic E-state index is -0.0985. The highest BCUT2D eigenvalue weighted by Gasteiger charge is 2.24. The number of hydrogen-bond acceptors (Lipinski definition) is 2. The Hall–Kier alpha value is -1.09. The van der Waals surface area contributed by atoms with E-state index in [4.69, 9.17) is 0 Å². The van der Waals surface area contributed by atoms with Crippen LogP contribution >= 0.6 is 0 Å². The van der Waals surface area contributed by atoms with Crippen molar-refractivity contribution in [3.05, 3.63) is 29.6 Å². The average molecular weight is 278 g/mol. The molecule has 1 atom stereocenters. The number of hydrogen-bond donors (Lipinski definition) is 1. The van der Waals surface area contributed by atoms with Gasteiger partial charge in [0.25, 0.3) is 0 Å². The van der Waals surface area contributed by atoms with E-state index in [2.05, 4.69) is 23.2 Å². The van der Waals surface area contributed by atoms with Gasteiger partial charge in [0.15, 0.2) is 0 Å². The van der Waals surface area contributed by atoms with E-state index in [1.54, 1.807) is 6.07 Å². The van der Waals surface area contributed by atoms with Crippen molar-refractivity contribution in [1.82, 2.24) is 5.32 Å². The first-order valence-corrected chi connectivity index (χ1v) is 7.91. The molecule has 0 saturated heterocycles. The van der Waals surface area contributed by atoms with Crippen molar-refractivity contribution in [1.29, 1.82) is 0 Å². The molecule has 20 heavy (non-hydrogen) atoms. The van der Waals surface area contributed by atoms with E-state index in [9.17, 15) is 4.39 Å². The van der Waals surface area contributed by atoms with Crippen LogP contribution < -0.4 is 10.2 Å². The summed E-state index contributed by atoms with van der Waals surface area (Å²) in [6.45, 7) is 5.14. The highest BCUT2D eigenvalue weighted by Crippen LogP contribution is 2.33. The number of halogens is 1. The van der Waals surface area contributed by atoms with Crippen LogP contribution in [0.3, 0.4) is 0 Å². The highest BCUT2D eigenvalue weighted by molar-refractivity contribution is 5.56. The largest absolute Gasteiger partial charge is 0.368 e. The summed E-state index contributed by atoms with van der Waals surface area (Å²) in [5, 5.41) is 3.18. The number of nitrogens with zero attached hydrogens (tertiary/aromatic N) is 1. The second-order valence-electron chi connectivity index (χ2n) is 5.76. The quantitative estimate of drug-likeness (QED) is 0.865. The summed E-state index contributed by atoms with van der Waals surface area (Å²) in [4.78, 5) is 2.41. The van der Waals surface area contributed by atoms with Gasteiger partial charge in [-0.1, -0.05) is 25.3 Å². The molecule has 1 saturated carbocycles. The fourth-order valence-corrected chi connectivity index (χ4v) is 3.37.